The van der Waals surface area contributed by atoms with E-state index in [1.54, 1.807) is 6.20 Å². The van der Waals surface area contributed by atoms with Crippen molar-refractivity contribution in [3.8, 4) is 0 Å². The number of anilines is 1. The Labute approximate surface area is 131 Å². The number of rotatable bonds is 6. The number of nitrogens with zero attached hydrogens (tertiary/aromatic N) is 1. The molecule has 1 aromatic heterocycles. The molecule has 0 amide bonds. The highest BCUT2D eigenvalue weighted by Crippen LogP contribution is 2.23. The lowest BCUT2D eigenvalue weighted by atomic mass is 9.99. The van der Waals surface area contributed by atoms with Crippen LogP contribution in [-0.4, -0.2) is 23.4 Å². The Hall–Kier alpha value is -2.20. The van der Waals surface area contributed by atoms with Gasteiger partial charge >= 0.3 is 0 Å². The molecule has 1 aliphatic heterocycles. The molecular weight excluding hydrogens is 274 g/mol. The fraction of sp³-hybridized carbons (Fsp3) is 0.333. The molecule has 0 aliphatic carbocycles. The van der Waals surface area contributed by atoms with Gasteiger partial charge in [-0.3, -0.25) is 9.78 Å². The summed E-state index contributed by atoms with van der Waals surface area (Å²) in [6, 6.07) is 11.6. The molecule has 2 heterocycles. The third-order valence-electron chi connectivity index (χ3n) is 4.08. The molecular formula is C18H21N3O. The van der Waals surface area contributed by atoms with Crippen LogP contribution in [-0.2, 0) is 13.0 Å². The first-order valence-electron chi connectivity index (χ1n) is 7.82. The number of fused-ring (bicyclic) bond motifs is 1. The highest BCUT2D eigenvalue weighted by atomic mass is 16.1. The summed E-state index contributed by atoms with van der Waals surface area (Å²) in [6.07, 6.45) is 3.53. The molecule has 1 aromatic carbocycles. The van der Waals surface area contributed by atoms with Gasteiger partial charge in [-0.15, -0.1) is 0 Å². The largest absolute Gasteiger partial charge is 0.384 e. The zero-order chi connectivity index (χ0) is 15.4. The van der Waals surface area contributed by atoms with Crippen LogP contribution in [0.5, 0.6) is 0 Å². The van der Waals surface area contributed by atoms with Crippen molar-refractivity contribution >= 4 is 11.5 Å². The number of aromatic nitrogens is 1. The van der Waals surface area contributed by atoms with Gasteiger partial charge < -0.3 is 10.6 Å². The number of Topliss-reactive ketones (excluding diaryl/α,β-unsaturated/α-hetero) is 1. The average molecular weight is 295 g/mol. The van der Waals surface area contributed by atoms with Gasteiger partial charge in [-0.25, -0.2) is 0 Å². The zero-order valence-electron chi connectivity index (χ0n) is 12.8. The minimum atomic E-state index is -0.172. The predicted octanol–water partition coefficient (Wildman–Crippen LogP) is 2.80. The van der Waals surface area contributed by atoms with Crippen LogP contribution in [0.25, 0.3) is 0 Å². The summed E-state index contributed by atoms with van der Waals surface area (Å²) in [5, 5.41) is 6.64. The summed E-state index contributed by atoms with van der Waals surface area (Å²) in [5.41, 5.74) is 4.14. The molecule has 22 heavy (non-hydrogen) atoms. The number of hydrogen-bond acceptors (Lipinski definition) is 4. The lowest BCUT2D eigenvalue weighted by Crippen LogP contribution is -2.36. The van der Waals surface area contributed by atoms with Gasteiger partial charge in [-0.05, 0) is 48.7 Å². The zero-order valence-corrected chi connectivity index (χ0v) is 12.8. The van der Waals surface area contributed by atoms with E-state index in [2.05, 4.69) is 15.6 Å². The Morgan fingerprint density at radius 2 is 2.27 bits per heavy atom. The molecule has 0 fully saturated rings. The number of carbonyl (C=O) groups is 1. The van der Waals surface area contributed by atoms with Crippen molar-refractivity contribution in [2.24, 2.45) is 0 Å². The smallest absolute Gasteiger partial charge is 0.179 e. The first kappa shape index (κ1) is 14.7. The van der Waals surface area contributed by atoms with Crippen LogP contribution in [0.2, 0.25) is 0 Å². The molecule has 114 valence electrons. The first-order valence-corrected chi connectivity index (χ1v) is 7.82. The van der Waals surface area contributed by atoms with Crippen molar-refractivity contribution in [2.75, 3.05) is 11.9 Å². The van der Waals surface area contributed by atoms with E-state index in [1.807, 2.05) is 43.3 Å². The van der Waals surface area contributed by atoms with Crippen LogP contribution in [0.3, 0.4) is 0 Å². The van der Waals surface area contributed by atoms with Crippen molar-refractivity contribution in [3.63, 3.8) is 0 Å². The molecule has 2 N–H and O–H groups in total. The topological polar surface area (TPSA) is 54.0 Å². The van der Waals surface area contributed by atoms with Gasteiger partial charge in [-0.2, -0.15) is 0 Å². The Morgan fingerprint density at radius 3 is 3.05 bits per heavy atom. The Bertz CT molecular complexity index is 655. The Morgan fingerprint density at radius 1 is 1.36 bits per heavy atom. The molecule has 2 aromatic rings. The lowest BCUT2D eigenvalue weighted by molar-refractivity contribution is 0.0939. The summed E-state index contributed by atoms with van der Waals surface area (Å²) in [7, 11) is 0. The van der Waals surface area contributed by atoms with Crippen LogP contribution < -0.4 is 10.6 Å². The Balaban J connectivity index is 1.69. The minimum Gasteiger partial charge on any atom is -0.384 e. The molecule has 0 spiro atoms. The van der Waals surface area contributed by atoms with Crippen molar-refractivity contribution in [3.05, 3.63) is 59.4 Å². The number of ketones is 1. The minimum absolute atomic E-state index is 0.160. The molecule has 4 heteroatoms. The summed E-state index contributed by atoms with van der Waals surface area (Å²) in [5.74, 6) is 0.160. The molecule has 0 bridgehead atoms. The van der Waals surface area contributed by atoms with Crippen molar-refractivity contribution in [2.45, 2.75) is 32.4 Å². The highest BCUT2D eigenvalue weighted by Gasteiger charge is 2.20. The van der Waals surface area contributed by atoms with Crippen molar-refractivity contribution in [1.29, 1.82) is 0 Å². The third-order valence-corrected chi connectivity index (χ3v) is 4.08. The van der Waals surface area contributed by atoms with Gasteiger partial charge in [0, 0.05) is 30.5 Å². The van der Waals surface area contributed by atoms with Gasteiger partial charge in [0.25, 0.3) is 0 Å². The second-order valence-electron chi connectivity index (χ2n) is 5.58. The third kappa shape index (κ3) is 3.17. The molecule has 1 atom stereocenters. The number of pyridine rings is 1. The van der Waals surface area contributed by atoms with Crippen LogP contribution in [0, 0.1) is 0 Å². The summed E-state index contributed by atoms with van der Waals surface area (Å²) < 4.78 is 0. The van der Waals surface area contributed by atoms with Gasteiger partial charge in [0.2, 0.25) is 0 Å². The van der Waals surface area contributed by atoms with E-state index in [0.717, 1.165) is 36.3 Å². The summed E-state index contributed by atoms with van der Waals surface area (Å²) >= 11 is 0. The monoisotopic (exact) mass is 295 g/mol. The van der Waals surface area contributed by atoms with Gasteiger partial charge in [0.1, 0.15) is 0 Å². The van der Waals surface area contributed by atoms with E-state index in [9.17, 15) is 4.79 Å². The van der Waals surface area contributed by atoms with E-state index in [-0.39, 0.29) is 11.8 Å². The van der Waals surface area contributed by atoms with E-state index < -0.39 is 0 Å². The molecule has 0 saturated carbocycles. The van der Waals surface area contributed by atoms with Crippen LogP contribution in [0.1, 0.15) is 35.0 Å². The molecule has 1 aliphatic rings. The van der Waals surface area contributed by atoms with Crippen molar-refractivity contribution < 1.29 is 4.79 Å². The SMILES string of the molecule is CCC(NCc1ccccn1)C(=O)c1ccc2c(c1)CCN2. The maximum absolute atomic E-state index is 12.7. The highest BCUT2D eigenvalue weighted by molar-refractivity contribution is 6.00. The number of nitrogens with one attached hydrogen (secondary N) is 2. The standard InChI is InChI=1S/C18H21N3O/c1-2-16(21-12-15-5-3-4-9-19-15)18(22)14-6-7-17-13(11-14)8-10-20-17/h3-7,9,11,16,20-21H,2,8,10,12H2,1H3. The van der Waals surface area contributed by atoms with Gasteiger partial charge in [-0.1, -0.05) is 13.0 Å². The normalized spacial score (nSPS) is 14.2. The summed E-state index contributed by atoms with van der Waals surface area (Å²) in [4.78, 5) is 17.0. The van der Waals surface area contributed by atoms with Crippen molar-refractivity contribution in [1.82, 2.24) is 10.3 Å². The van der Waals surface area contributed by atoms with Gasteiger partial charge in [0.05, 0.1) is 11.7 Å². The van der Waals surface area contributed by atoms with E-state index in [0.29, 0.717) is 6.54 Å². The number of hydrogen-bond donors (Lipinski definition) is 2. The fourth-order valence-electron chi connectivity index (χ4n) is 2.81. The maximum atomic E-state index is 12.7. The van der Waals surface area contributed by atoms with Gasteiger partial charge in [0.15, 0.2) is 5.78 Å². The first-order chi connectivity index (χ1) is 10.8. The van der Waals surface area contributed by atoms with Crippen LogP contribution in [0.15, 0.2) is 42.6 Å². The van der Waals surface area contributed by atoms with E-state index >= 15 is 0 Å². The van der Waals surface area contributed by atoms with E-state index in [1.165, 1.54) is 5.56 Å². The second-order valence-corrected chi connectivity index (χ2v) is 5.58. The molecule has 0 saturated heterocycles. The van der Waals surface area contributed by atoms with E-state index in [4.69, 9.17) is 0 Å². The summed E-state index contributed by atoms with van der Waals surface area (Å²) in [6.45, 7) is 3.60. The molecule has 4 nitrogen and oxygen atoms in total. The quantitative estimate of drug-likeness (QED) is 0.805. The molecule has 1 unspecified atom stereocenters. The molecule has 0 radical (unpaired) electrons. The second kappa shape index (κ2) is 6.71. The predicted molar refractivity (Wildman–Crippen MR) is 88.1 cm³/mol. The van der Waals surface area contributed by atoms with Crippen LogP contribution >= 0.6 is 0 Å². The number of benzene rings is 1. The fourth-order valence-corrected chi connectivity index (χ4v) is 2.81. The number of carbonyl (C=O) groups excluding carboxylic acids is 1. The molecule has 3 rings (SSSR count). The lowest BCUT2D eigenvalue weighted by Gasteiger charge is -2.16. The Kier molecular flexibility index (Phi) is 4.49. The maximum Gasteiger partial charge on any atom is 0.179 e. The van der Waals surface area contributed by atoms with Crippen LogP contribution in [0.4, 0.5) is 5.69 Å². The average Bonchev–Trinajstić information content (AvgIpc) is 3.03.